The summed E-state index contributed by atoms with van der Waals surface area (Å²) >= 11 is 0. The number of aryl methyl sites for hydroxylation is 2. The Morgan fingerprint density at radius 3 is 2.30 bits per heavy atom. The first-order chi connectivity index (χ1) is 24.4. The van der Waals surface area contributed by atoms with Crippen LogP contribution in [0.15, 0.2) is 91.1 Å². The summed E-state index contributed by atoms with van der Waals surface area (Å²) in [5.74, 6) is 0.151. The highest BCUT2D eigenvalue weighted by atomic mass is 16.5. The first kappa shape index (κ1) is 34.6. The van der Waals surface area contributed by atoms with Crippen LogP contribution in [0.3, 0.4) is 0 Å². The van der Waals surface area contributed by atoms with Gasteiger partial charge in [-0.2, -0.15) is 0 Å². The van der Waals surface area contributed by atoms with Gasteiger partial charge in [-0.1, -0.05) is 85.3 Å². The summed E-state index contributed by atoms with van der Waals surface area (Å²) in [6.07, 6.45) is 6.57. The summed E-state index contributed by atoms with van der Waals surface area (Å²) in [4.78, 5) is 55.0. The summed E-state index contributed by atoms with van der Waals surface area (Å²) < 4.78 is 5.52. The Kier molecular flexibility index (Phi) is 11.4. The van der Waals surface area contributed by atoms with Gasteiger partial charge in [-0.05, 0) is 55.2 Å². The molecule has 0 bridgehead atoms. The lowest BCUT2D eigenvalue weighted by Crippen LogP contribution is -2.45. The monoisotopic (exact) mass is 675 g/mol. The van der Waals surface area contributed by atoms with Crippen LogP contribution in [0.25, 0.3) is 0 Å². The molecule has 6 rings (SSSR count). The summed E-state index contributed by atoms with van der Waals surface area (Å²) in [7, 11) is 1.63. The van der Waals surface area contributed by atoms with Crippen molar-refractivity contribution >= 4 is 23.7 Å². The highest BCUT2D eigenvalue weighted by Crippen LogP contribution is 2.33. The van der Waals surface area contributed by atoms with Crippen LogP contribution in [0.4, 0.5) is 5.95 Å². The number of fused-ring (bicyclic) bond motifs is 1. The zero-order valence-electron chi connectivity index (χ0n) is 28.6. The number of likely N-dealkylation sites (tertiary alicyclic amines) is 1. The van der Waals surface area contributed by atoms with E-state index in [4.69, 9.17) is 14.7 Å². The molecule has 2 fully saturated rings. The van der Waals surface area contributed by atoms with Gasteiger partial charge in [0.05, 0.1) is 30.8 Å². The molecule has 50 heavy (non-hydrogen) atoms. The minimum Gasteiger partial charge on any atom is -0.496 e. The second-order valence-electron chi connectivity index (χ2n) is 13.2. The van der Waals surface area contributed by atoms with E-state index in [1.165, 1.54) is 4.90 Å². The van der Waals surface area contributed by atoms with Gasteiger partial charge < -0.3 is 24.5 Å². The molecule has 10 nitrogen and oxygen atoms in total. The summed E-state index contributed by atoms with van der Waals surface area (Å²) in [5, 5.41) is 9.71. The number of hydrogen-bond acceptors (Lipinski definition) is 7. The molecule has 1 N–H and O–H groups in total. The highest BCUT2D eigenvalue weighted by molar-refractivity contribution is 5.96. The van der Waals surface area contributed by atoms with Gasteiger partial charge in [-0.25, -0.2) is 9.97 Å². The van der Waals surface area contributed by atoms with Crippen molar-refractivity contribution in [3.63, 3.8) is 0 Å². The molecule has 0 radical (unpaired) electrons. The molecule has 2 atom stereocenters. The second-order valence-corrected chi connectivity index (χ2v) is 13.2. The minimum absolute atomic E-state index is 0.0291. The van der Waals surface area contributed by atoms with Gasteiger partial charge in [0.15, 0.2) is 0 Å². The number of carbonyl (C=O) groups is 3. The molecular formula is C40H45N5O5. The Morgan fingerprint density at radius 1 is 0.880 bits per heavy atom. The number of carboxylic acids is 1. The molecule has 3 aromatic carbocycles. The van der Waals surface area contributed by atoms with E-state index < -0.39 is 18.4 Å². The number of aliphatic carboxylic acids is 1. The number of ether oxygens (including phenoxy) is 1. The fourth-order valence-electron chi connectivity index (χ4n) is 7.26. The van der Waals surface area contributed by atoms with Crippen LogP contribution in [0.1, 0.15) is 52.0 Å². The maximum Gasteiger partial charge on any atom is 0.323 e. The third kappa shape index (κ3) is 8.48. The van der Waals surface area contributed by atoms with E-state index in [0.29, 0.717) is 55.3 Å². The topological polar surface area (TPSA) is 116 Å². The van der Waals surface area contributed by atoms with Crippen molar-refractivity contribution in [3.05, 3.63) is 119 Å². The number of aromatic nitrogens is 2. The van der Waals surface area contributed by atoms with Crippen LogP contribution < -0.4 is 9.64 Å². The predicted octanol–water partition coefficient (Wildman–Crippen LogP) is 5.10. The van der Waals surface area contributed by atoms with Gasteiger partial charge in [-0.3, -0.25) is 14.4 Å². The van der Waals surface area contributed by atoms with Crippen molar-refractivity contribution in [2.24, 2.45) is 5.92 Å². The van der Waals surface area contributed by atoms with Crippen molar-refractivity contribution < 1.29 is 24.2 Å². The van der Waals surface area contributed by atoms with Gasteiger partial charge in [0.1, 0.15) is 12.3 Å². The van der Waals surface area contributed by atoms with E-state index in [0.717, 1.165) is 42.5 Å². The summed E-state index contributed by atoms with van der Waals surface area (Å²) in [6.45, 7) is 1.87. The van der Waals surface area contributed by atoms with Crippen LogP contribution in [-0.4, -0.2) is 88.5 Å². The maximum absolute atomic E-state index is 14.0. The number of methoxy groups -OCH3 is 1. The van der Waals surface area contributed by atoms with Crippen molar-refractivity contribution in [3.8, 4) is 5.75 Å². The molecule has 2 amide bonds. The Bertz CT molecular complexity index is 1770. The van der Waals surface area contributed by atoms with E-state index in [9.17, 15) is 19.5 Å². The molecule has 1 aromatic heterocycles. The predicted molar refractivity (Wildman–Crippen MR) is 191 cm³/mol. The lowest BCUT2D eigenvalue weighted by Gasteiger charge is -2.30. The molecule has 260 valence electrons. The van der Waals surface area contributed by atoms with E-state index >= 15 is 0 Å². The molecule has 0 spiro atoms. The molecule has 0 unspecified atom stereocenters. The van der Waals surface area contributed by atoms with E-state index in [-0.39, 0.29) is 30.8 Å². The normalized spacial score (nSPS) is 17.1. The van der Waals surface area contributed by atoms with E-state index in [1.54, 1.807) is 13.3 Å². The molecule has 3 heterocycles. The Labute approximate surface area is 293 Å². The number of rotatable bonds is 13. The molecule has 0 saturated carbocycles. The second kappa shape index (κ2) is 16.4. The number of para-hydroxylation sites is 1. The number of nitrogens with zero attached hydrogens (tertiary/aromatic N) is 5. The van der Waals surface area contributed by atoms with Crippen molar-refractivity contribution in [1.29, 1.82) is 0 Å². The number of amides is 2. The van der Waals surface area contributed by atoms with Crippen LogP contribution in [0, 0.1) is 5.92 Å². The first-order valence-electron chi connectivity index (χ1n) is 17.5. The minimum atomic E-state index is -1.07. The lowest BCUT2D eigenvalue weighted by atomic mass is 9.98. The smallest absolute Gasteiger partial charge is 0.323 e. The highest BCUT2D eigenvalue weighted by Gasteiger charge is 2.41. The molecule has 2 aliphatic rings. The van der Waals surface area contributed by atoms with Crippen molar-refractivity contribution in [2.45, 2.75) is 51.0 Å². The Morgan fingerprint density at radius 2 is 1.58 bits per heavy atom. The Balaban J connectivity index is 1.24. The average Bonchev–Trinajstić information content (AvgIpc) is 3.46. The van der Waals surface area contributed by atoms with Gasteiger partial charge in [0.2, 0.25) is 11.9 Å². The third-order valence-electron chi connectivity index (χ3n) is 9.87. The molecule has 10 heteroatoms. The van der Waals surface area contributed by atoms with Gasteiger partial charge in [0.25, 0.3) is 5.91 Å². The number of benzene rings is 3. The number of anilines is 1. The number of carboxylic acid groups (broad SMARTS) is 1. The van der Waals surface area contributed by atoms with Crippen LogP contribution in [0.2, 0.25) is 0 Å². The SMILES string of the molecule is COc1ccccc1CC(=O)N1CCCC[C@H]2CN(c3ncc(C(=O)N(CCc4ccccc4)CC(=O)O)c(CCc4ccccc4)n3)C[C@H]21. The standard InChI is InChI=1S/C40H45N5O5/c1-50-36-18-9-8-16-31(36)24-37(46)45-22-11-10-17-32-26-44(27-35(32)45)40-41-25-33(34(42-40)20-19-29-12-4-2-5-13-29)39(49)43(28-38(47)48)23-21-30-14-6-3-7-15-30/h2-9,12-16,18,25,32,35H,10-11,17,19-24,26-28H2,1H3,(H,47,48)/t32-,35+/m0/s1. The molecule has 2 aliphatic heterocycles. The van der Waals surface area contributed by atoms with Gasteiger partial charge in [0, 0.05) is 37.9 Å². The molecule has 4 aromatic rings. The van der Waals surface area contributed by atoms with Crippen LogP contribution in [-0.2, 0) is 35.3 Å². The maximum atomic E-state index is 14.0. The third-order valence-corrected chi connectivity index (χ3v) is 9.87. The molecular weight excluding hydrogens is 630 g/mol. The van der Waals surface area contributed by atoms with Crippen molar-refractivity contribution in [1.82, 2.24) is 19.8 Å². The van der Waals surface area contributed by atoms with Crippen LogP contribution >= 0.6 is 0 Å². The van der Waals surface area contributed by atoms with Crippen molar-refractivity contribution in [2.75, 3.05) is 44.7 Å². The van der Waals surface area contributed by atoms with Crippen LogP contribution in [0.5, 0.6) is 5.75 Å². The zero-order valence-corrected chi connectivity index (χ0v) is 28.6. The quantitative estimate of drug-likeness (QED) is 0.208. The first-order valence-corrected chi connectivity index (χ1v) is 17.5. The molecule has 0 aliphatic carbocycles. The summed E-state index contributed by atoms with van der Waals surface area (Å²) in [6, 6.07) is 27.5. The fourth-order valence-corrected chi connectivity index (χ4v) is 7.26. The lowest BCUT2D eigenvalue weighted by molar-refractivity contribution is -0.137. The summed E-state index contributed by atoms with van der Waals surface area (Å²) in [5.41, 5.74) is 3.93. The number of carbonyl (C=O) groups excluding carboxylic acids is 2. The zero-order chi connectivity index (χ0) is 34.9. The van der Waals surface area contributed by atoms with Gasteiger partial charge in [-0.15, -0.1) is 0 Å². The van der Waals surface area contributed by atoms with E-state index in [2.05, 4.69) is 9.80 Å². The van der Waals surface area contributed by atoms with Gasteiger partial charge >= 0.3 is 5.97 Å². The average molecular weight is 676 g/mol. The largest absolute Gasteiger partial charge is 0.496 e. The van der Waals surface area contributed by atoms with E-state index in [1.807, 2.05) is 84.9 Å². The fraction of sp³-hybridized carbons (Fsp3) is 0.375. The number of hydrogen-bond donors (Lipinski definition) is 1. The molecule has 2 saturated heterocycles. The Hall–Kier alpha value is -5.25.